The first-order chi connectivity index (χ1) is 9.22. The molecular formula is C16H19FN2. The van der Waals surface area contributed by atoms with Crippen molar-refractivity contribution in [3.8, 4) is 0 Å². The number of hydrogen-bond acceptors (Lipinski definition) is 2. The van der Waals surface area contributed by atoms with Crippen LogP contribution in [0.3, 0.4) is 0 Å². The maximum Gasteiger partial charge on any atom is 0.128 e. The predicted molar refractivity (Wildman–Crippen MR) is 77.6 cm³/mol. The summed E-state index contributed by atoms with van der Waals surface area (Å²) in [6, 6.07) is 15.3. The Kier molecular flexibility index (Phi) is 4.53. The van der Waals surface area contributed by atoms with Gasteiger partial charge in [-0.1, -0.05) is 36.4 Å². The van der Waals surface area contributed by atoms with E-state index in [0.29, 0.717) is 18.5 Å². The van der Waals surface area contributed by atoms with Gasteiger partial charge in [-0.15, -0.1) is 0 Å². The van der Waals surface area contributed by atoms with Gasteiger partial charge in [0.1, 0.15) is 5.82 Å². The summed E-state index contributed by atoms with van der Waals surface area (Å²) in [7, 11) is 0. The highest BCUT2D eigenvalue weighted by molar-refractivity contribution is 5.53. The monoisotopic (exact) mass is 258 g/mol. The van der Waals surface area contributed by atoms with Crippen LogP contribution in [0.25, 0.3) is 0 Å². The summed E-state index contributed by atoms with van der Waals surface area (Å²) in [5, 5.41) is 3.36. The van der Waals surface area contributed by atoms with Crippen LogP contribution in [0.5, 0.6) is 0 Å². The quantitative estimate of drug-likeness (QED) is 0.861. The molecule has 3 heteroatoms. The molecule has 2 aromatic rings. The van der Waals surface area contributed by atoms with E-state index in [-0.39, 0.29) is 11.9 Å². The summed E-state index contributed by atoms with van der Waals surface area (Å²) in [4.78, 5) is 0. The van der Waals surface area contributed by atoms with Crippen molar-refractivity contribution in [2.75, 3.05) is 11.9 Å². The van der Waals surface area contributed by atoms with Crippen LogP contribution in [0.1, 0.15) is 24.1 Å². The van der Waals surface area contributed by atoms with Crippen LogP contribution >= 0.6 is 0 Å². The van der Waals surface area contributed by atoms with E-state index in [0.717, 1.165) is 5.69 Å². The smallest absolute Gasteiger partial charge is 0.128 e. The van der Waals surface area contributed by atoms with E-state index in [2.05, 4.69) is 24.4 Å². The SMILES string of the molecule is CC(Nc1cccc(F)c1CCN)c1ccccc1. The normalized spacial score (nSPS) is 12.2. The van der Waals surface area contributed by atoms with E-state index in [1.54, 1.807) is 6.07 Å². The zero-order valence-corrected chi connectivity index (χ0v) is 11.1. The van der Waals surface area contributed by atoms with Gasteiger partial charge >= 0.3 is 0 Å². The van der Waals surface area contributed by atoms with Gasteiger partial charge in [0.25, 0.3) is 0 Å². The molecule has 0 aliphatic heterocycles. The van der Waals surface area contributed by atoms with Gasteiger partial charge in [-0.25, -0.2) is 4.39 Å². The number of benzene rings is 2. The fourth-order valence-electron chi connectivity index (χ4n) is 2.15. The van der Waals surface area contributed by atoms with E-state index in [9.17, 15) is 4.39 Å². The van der Waals surface area contributed by atoms with Crippen molar-refractivity contribution in [2.45, 2.75) is 19.4 Å². The first-order valence-electron chi connectivity index (χ1n) is 6.51. The van der Waals surface area contributed by atoms with Crippen LogP contribution in [0.2, 0.25) is 0 Å². The van der Waals surface area contributed by atoms with Gasteiger partial charge in [0.05, 0.1) is 0 Å². The van der Waals surface area contributed by atoms with E-state index < -0.39 is 0 Å². The molecule has 0 heterocycles. The maximum absolute atomic E-state index is 13.8. The highest BCUT2D eigenvalue weighted by Crippen LogP contribution is 2.24. The van der Waals surface area contributed by atoms with Crippen molar-refractivity contribution < 1.29 is 4.39 Å². The minimum atomic E-state index is -0.198. The van der Waals surface area contributed by atoms with Gasteiger partial charge in [-0.2, -0.15) is 0 Å². The second-order valence-electron chi connectivity index (χ2n) is 4.58. The molecule has 2 nitrogen and oxygen atoms in total. The second-order valence-corrected chi connectivity index (χ2v) is 4.58. The van der Waals surface area contributed by atoms with Crippen LogP contribution < -0.4 is 11.1 Å². The Morgan fingerprint density at radius 3 is 2.53 bits per heavy atom. The molecule has 3 N–H and O–H groups in total. The van der Waals surface area contributed by atoms with Gasteiger partial charge in [-0.05, 0) is 37.6 Å². The lowest BCUT2D eigenvalue weighted by atomic mass is 10.1. The van der Waals surface area contributed by atoms with Gasteiger partial charge in [-0.3, -0.25) is 0 Å². The van der Waals surface area contributed by atoms with Crippen molar-refractivity contribution >= 4 is 5.69 Å². The Hall–Kier alpha value is -1.87. The zero-order valence-electron chi connectivity index (χ0n) is 11.1. The molecular weight excluding hydrogens is 239 g/mol. The molecule has 2 rings (SSSR count). The Labute approximate surface area is 113 Å². The molecule has 0 saturated carbocycles. The molecule has 1 unspecified atom stereocenters. The van der Waals surface area contributed by atoms with Crippen molar-refractivity contribution in [1.29, 1.82) is 0 Å². The molecule has 0 bridgehead atoms. The molecule has 0 aliphatic carbocycles. The standard InChI is InChI=1S/C16H19FN2/c1-12(13-6-3-2-4-7-13)19-16-9-5-8-15(17)14(16)10-11-18/h2-9,12,19H,10-11,18H2,1H3. The van der Waals surface area contributed by atoms with Crippen LogP contribution in [0.15, 0.2) is 48.5 Å². The van der Waals surface area contributed by atoms with E-state index in [4.69, 9.17) is 5.73 Å². The van der Waals surface area contributed by atoms with Gasteiger partial charge < -0.3 is 11.1 Å². The van der Waals surface area contributed by atoms with Crippen LogP contribution in [-0.2, 0) is 6.42 Å². The summed E-state index contributed by atoms with van der Waals surface area (Å²) >= 11 is 0. The van der Waals surface area contributed by atoms with Crippen molar-refractivity contribution in [2.24, 2.45) is 5.73 Å². The Morgan fingerprint density at radius 2 is 1.84 bits per heavy atom. The largest absolute Gasteiger partial charge is 0.378 e. The van der Waals surface area contributed by atoms with Crippen molar-refractivity contribution in [3.63, 3.8) is 0 Å². The highest BCUT2D eigenvalue weighted by Gasteiger charge is 2.10. The summed E-state index contributed by atoms with van der Waals surface area (Å²) in [6.45, 7) is 2.50. The first kappa shape index (κ1) is 13.6. The molecule has 0 fully saturated rings. The lowest BCUT2D eigenvalue weighted by Crippen LogP contribution is -2.12. The fourth-order valence-corrected chi connectivity index (χ4v) is 2.15. The number of hydrogen-bond donors (Lipinski definition) is 2. The number of anilines is 1. The summed E-state index contributed by atoms with van der Waals surface area (Å²) < 4.78 is 13.8. The lowest BCUT2D eigenvalue weighted by molar-refractivity contribution is 0.609. The molecule has 0 amide bonds. The predicted octanol–water partition coefficient (Wildman–Crippen LogP) is 3.50. The van der Waals surface area contributed by atoms with E-state index in [1.165, 1.54) is 11.6 Å². The lowest BCUT2D eigenvalue weighted by Gasteiger charge is -2.18. The van der Waals surface area contributed by atoms with Gasteiger partial charge in [0.15, 0.2) is 0 Å². The third-order valence-corrected chi connectivity index (χ3v) is 3.18. The molecule has 1 atom stereocenters. The minimum absolute atomic E-state index is 0.125. The molecule has 2 aromatic carbocycles. The average Bonchev–Trinajstić information content (AvgIpc) is 2.43. The van der Waals surface area contributed by atoms with Crippen molar-refractivity contribution in [3.05, 3.63) is 65.5 Å². The van der Waals surface area contributed by atoms with Crippen LogP contribution in [0, 0.1) is 5.82 Å². The third-order valence-electron chi connectivity index (χ3n) is 3.18. The van der Waals surface area contributed by atoms with Crippen LogP contribution in [0.4, 0.5) is 10.1 Å². The minimum Gasteiger partial charge on any atom is -0.378 e. The molecule has 19 heavy (non-hydrogen) atoms. The number of rotatable bonds is 5. The Balaban J connectivity index is 2.21. The van der Waals surface area contributed by atoms with Gasteiger partial charge in [0, 0.05) is 17.3 Å². The zero-order chi connectivity index (χ0) is 13.7. The second kappa shape index (κ2) is 6.34. The maximum atomic E-state index is 13.8. The Bertz CT molecular complexity index is 526. The number of halogens is 1. The fraction of sp³-hybridized carbons (Fsp3) is 0.250. The average molecular weight is 258 g/mol. The molecule has 0 aliphatic rings. The van der Waals surface area contributed by atoms with Crippen LogP contribution in [-0.4, -0.2) is 6.54 Å². The molecule has 100 valence electrons. The van der Waals surface area contributed by atoms with Gasteiger partial charge in [0.2, 0.25) is 0 Å². The molecule has 0 spiro atoms. The molecule has 0 radical (unpaired) electrons. The summed E-state index contributed by atoms with van der Waals surface area (Å²) in [5.41, 5.74) is 8.20. The van der Waals surface area contributed by atoms with Crippen molar-refractivity contribution in [1.82, 2.24) is 0 Å². The number of nitrogens with one attached hydrogen (secondary N) is 1. The molecule has 0 saturated heterocycles. The number of nitrogens with two attached hydrogens (primary N) is 1. The first-order valence-corrected chi connectivity index (χ1v) is 6.51. The topological polar surface area (TPSA) is 38.0 Å². The third kappa shape index (κ3) is 3.32. The van der Waals surface area contributed by atoms with E-state index >= 15 is 0 Å². The van der Waals surface area contributed by atoms with E-state index in [1.807, 2.05) is 24.3 Å². The highest BCUT2D eigenvalue weighted by atomic mass is 19.1. The summed E-state index contributed by atoms with van der Waals surface area (Å²) in [5.74, 6) is -0.198. The summed E-state index contributed by atoms with van der Waals surface area (Å²) in [6.07, 6.45) is 0.538. The Morgan fingerprint density at radius 1 is 1.11 bits per heavy atom. The molecule has 0 aromatic heterocycles.